The van der Waals surface area contributed by atoms with Crippen LogP contribution in [-0.4, -0.2) is 44.3 Å². The summed E-state index contributed by atoms with van der Waals surface area (Å²) in [6.45, 7) is -0.337. The van der Waals surface area contributed by atoms with E-state index in [4.69, 9.17) is 9.47 Å². The summed E-state index contributed by atoms with van der Waals surface area (Å²) in [5.41, 5.74) is -1.20. The van der Waals surface area contributed by atoms with Crippen LogP contribution in [0.5, 0.6) is 5.75 Å². The molecule has 1 fully saturated rings. The van der Waals surface area contributed by atoms with E-state index in [2.05, 4.69) is 9.82 Å². The summed E-state index contributed by atoms with van der Waals surface area (Å²) in [6.07, 6.45) is -0.451. The van der Waals surface area contributed by atoms with E-state index < -0.39 is 27.9 Å². The van der Waals surface area contributed by atoms with E-state index in [9.17, 15) is 26.4 Å². The molecule has 0 unspecified atom stereocenters. The first-order valence-corrected chi connectivity index (χ1v) is 11.1. The van der Waals surface area contributed by atoms with E-state index in [-0.39, 0.29) is 40.8 Å². The van der Waals surface area contributed by atoms with Crippen molar-refractivity contribution in [2.24, 2.45) is 0 Å². The van der Waals surface area contributed by atoms with Crippen LogP contribution in [-0.2, 0) is 27.4 Å². The third-order valence-electron chi connectivity index (χ3n) is 4.97. The fourth-order valence-corrected chi connectivity index (χ4v) is 4.92. The van der Waals surface area contributed by atoms with Crippen molar-refractivity contribution in [3.05, 3.63) is 41.2 Å². The summed E-state index contributed by atoms with van der Waals surface area (Å²) in [5, 5.41) is 5.25. The largest absolute Gasteiger partial charge is 0.495 e. The number of sulfonamides is 1. The number of ether oxygens (including phenoxy) is 2. The average molecular weight is 461 g/mol. The Balaban J connectivity index is 1.70. The second-order valence-corrected chi connectivity index (χ2v) is 8.80. The molecule has 0 radical (unpaired) electrons. The summed E-state index contributed by atoms with van der Waals surface area (Å²) >= 11 is 0. The van der Waals surface area contributed by atoms with E-state index in [1.54, 1.807) is 0 Å². The van der Waals surface area contributed by atoms with Crippen molar-refractivity contribution in [2.75, 3.05) is 13.7 Å². The van der Waals surface area contributed by atoms with Crippen LogP contribution in [0, 0.1) is 0 Å². The van der Waals surface area contributed by atoms with Crippen LogP contribution in [0.25, 0.3) is 0 Å². The van der Waals surface area contributed by atoms with Gasteiger partial charge >= 0.3 is 12.1 Å². The molecule has 1 saturated carbocycles. The highest BCUT2D eigenvalue weighted by molar-refractivity contribution is 7.89. The number of halogens is 3. The van der Waals surface area contributed by atoms with Gasteiger partial charge in [-0.1, -0.05) is 12.8 Å². The van der Waals surface area contributed by atoms with E-state index >= 15 is 0 Å². The molecule has 3 rings (SSSR count). The lowest BCUT2D eigenvalue weighted by Crippen LogP contribution is -2.33. The highest BCUT2D eigenvalue weighted by Gasteiger charge is 2.35. The molecular formula is C19H22F3N3O5S. The number of nitrogens with one attached hydrogen (secondary N) is 2. The summed E-state index contributed by atoms with van der Waals surface area (Å²) in [5.74, 6) is -0.799. The Hall–Kier alpha value is -2.60. The molecule has 2 N–H and O–H groups in total. The van der Waals surface area contributed by atoms with Crippen LogP contribution in [0.3, 0.4) is 0 Å². The predicted molar refractivity (Wildman–Crippen MR) is 103 cm³/mol. The van der Waals surface area contributed by atoms with E-state index in [0.717, 1.165) is 37.9 Å². The predicted octanol–water partition coefficient (Wildman–Crippen LogP) is 3.06. The topological polar surface area (TPSA) is 110 Å². The Kier molecular flexibility index (Phi) is 6.90. The molecule has 8 nitrogen and oxygen atoms in total. The maximum Gasteiger partial charge on any atom is 0.433 e. The Labute approximate surface area is 177 Å². The maximum absolute atomic E-state index is 12.9. The van der Waals surface area contributed by atoms with Crippen LogP contribution in [0.15, 0.2) is 29.3 Å². The summed E-state index contributed by atoms with van der Waals surface area (Å²) < 4.78 is 76.9. The maximum atomic E-state index is 12.9. The number of carbonyl (C=O) groups is 1. The minimum atomic E-state index is -4.60. The SMILES string of the molecule is COc1ccc(C(=O)OCCc2cn[nH]c2C(F)(F)F)cc1S(=O)(=O)NC1CCCC1. The first-order valence-electron chi connectivity index (χ1n) is 9.59. The molecule has 0 spiro atoms. The molecule has 0 atom stereocenters. The molecular weight excluding hydrogens is 439 g/mol. The molecule has 2 aromatic rings. The molecule has 31 heavy (non-hydrogen) atoms. The standard InChI is InChI=1S/C19H22F3N3O5S/c1-29-15-7-6-12(10-16(15)31(27,28)25-14-4-2-3-5-14)18(26)30-9-8-13-11-23-24-17(13)19(20,21)22/h6-7,10-11,14,25H,2-5,8-9H2,1H3,(H,23,24). The fourth-order valence-electron chi connectivity index (χ4n) is 3.42. The van der Waals surface area contributed by atoms with Gasteiger partial charge in [0.15, 0.2) is 0 Å². The number of H-pyrrole nitrogens is 1. The van der Waals surface area contributed by atoms with Crippen molar-refractivity contribution >= 4 is 16.0 Å². The zero-order valence-electron chi connectivity index (χ0n) is 16.7. The molecule has 0 saturated heterocycles. The molecule has 0 amide bonds. The number of nitrogens with zero attached hydrogens (tertiary/aromatic N) is 1. The number of rotatable bonds is 8. The monoisotopic (exact) mass is 461 g/mol. The zero-order chi connectivity index (χ0) is 22.6. The Morgan fingerprint density at radius 1 is 1.29 bits per heavy atom. The lowest BCUT2D eigenvalue weighted by molar-refractivity contribution is -0.141. The summed E-state index contributed by atoms with van der Waals surface area (Å²) in [7, 11) is -2.63. The molecule has 170 valence electrons. The van der Waals surface area contributed by atoms with Crippen molar-refractivity contribution in [3.8, 4) is 5.75 Å². The van der Waals surface area contributed by atoms with Crippen molar-refractivity contribution in [2.45, 2.75) is 49.2 Å². The van der Waals surface area contributed by atoms with Gasteiger partial charge in [-0.3, -0.25) is 5.10 Å². The third-order valence-corrected chi connectivity index (χ3v) is 6.51. The first kappa shape index (κ1) is 23.1. The van der Waals surface area contributed by atoms with E-state index in [1.165, 1.54) is 19.2 Å². The average Bonchev–Trinajstić information content (AvgIpc) is 3.38. The van der Waals surface area contributed by atoms with Crippen LogP contribution in [0.1, 0.15) is 47.3 Å². The summed E-state index contributed by atoms with van der Waals surface area (Å²) in [4.78, 5) is 12.2. The van der Waals surface area contributed by atoms with E-state index in [0.29, 0.717) is 0 Å². The number of methoxy groups -OCH3 is 1. The van der Waals surface area contributed by atoms with Crippen molar-refractivity contribution in [1.29, 1.82) is 0 Å². The smallest absolute Gasteiger partial charge is 0.433 e. The number of carbonyl (C=O) groups excluding carboxylic acids is 1. The normalized spacial score (nSPS) is 15.2. The Bertz CT molecular complexity index is 1030. The van der Waals surface area contributed by atoms with Gasteiger partial charge in [-0.15, -0.1) is 0 Å². The quantitative estimate of drug-likeness (QED) is 0.585. The van der Waals surface area contributed by atoms with Gasteiger partial charge in [0.05, 0.1) is 25.5 Å². The van der Waals surface area contributed by atoms with Crippen LogP contribution in [0.2, 0.25) is 0 Å². The molecule has 0 aliphatic heterocycles. The van der Waals surface area contributed by atoms with Crippen molar-refractivity contribution < 1.29 is 35.9 Å². The van der Waals surface area contributed by atoms with Gasteiger partial charge in [-0.05, 0) is 31.0 Å². The number of hydrogen-bond acceptors (Lipinski definition) is 6. The molecule has 1 heterocycles. The highest BCUT2D eigenvalue weighted by atomic mass is 32.2. The number of benzene rings is 1. The molecule has 1 aromatic carbocycles. The van der Waals surface area contributed by atoms with Crippen molar-refractivity contribution in [3.63, 3.8) is 0 Å². The first-order chi connectivity index (χ1) is 14.6. The molecule has 12 heteroatoms. The lowest BCUT2D eigenvalue weighted by Gasteiger charge is -2.15. The Morgan fingerprint density at radius 2 is 2.00 bits per heavy atom. The zero-order valence-corrected chi connectivity index (χ0v) is 17.5. The van der Waals surface area contributed by atoms with Gasteiger partial charge in [-0.25, -0.2) is 17.9 Å². The van der Waals surface area contributed by atoms with Gasteiger partial charge in [0.2, 0.25) is 10.0 Å². The number of alkyl halides is 3. The van der Waals surface area contributed by atoms with Crippen LogP contribution in [0.4, 0.5) is 13.2 Å². The van der Waals surface area contributed by atoms with Crippen molar-refractivity contribution in [1.82, 2.24) is 14.9 Å². The fraction of sp³-hybridized carbons (Fsp3) is 0.474. The summed E-state index contributed by atoms with van der Waals surface area (Å²) in [6, 6.07) is 3.62. The van der Waals surface area contributed by atoms with Gasteiger partial charge in [0, 0.05) is 18.0 Å². The molecule has 1 aromatic heterocycles. The van der Waals surface area contributed by atoms with Gasteiger partial charge in [0.1, 0.15) is 16.3 Å². The Morgan fingerprint density at radius 3 is 2.65 bits per heavy atom. The second kappa shape index (κ2) is 9.27. The molecule has 1 aliphatic carbocycles. The van der Waals surface area contributed by atoms with Crippen LogP contribution < -0.4 is 9.46 Å². The third kappa shape index (κ3) is 5.56. The number of aromatic amines is 1. The molecule has 0 bridgehead atoms. The number of esters is 1. The minimum absolute atomic E-state index is 0.0594. The lowest BCUT2D eigenvalue weighted by atomic mass is 10.2. The number of hydrogen-bond donors (Lipinski definition) is 2. The molecule has 1 aliphatic rings. The minimum Gasteiger partial charge on any atom is -0.495 e. The number of aromatic nitrogens is 2. The second-order valence-electron chi connectivity index (χ2n) is 7.12. The van der Waals surface area contributed by atoms with E-state index in [1.807, 2.05) is 5.10 Å². The van der Waals surface area contributed by atoms with Gasteiger partial charge < -0.3 is 9.47 Å². The highest BCUT2D eigenvalue weighted by Crippen LogP contribution is 2.30. The van der Waals surface area contributed by atoms with Gasteiger partial charge in [-0.2, -0.15) is 18.3 Å². The van der Waals surface area contributed by atoms with Gasteiger partial charge in [0.25, 0.3) is 0 Å². The van der Waals surface area contributed by atoms with Crippen LogP contribution >= 0.6 is 0 Å².